The minimum atomic E-state index is -0.544. The number of ketones is 1. The molecule has 0 aliphatic carbocycles. The Morgan fingerprint density at radius 2 is 1.80 bits per heavy atom. The summed E-state index contributed by atoms with van der Waals surface area (Å²) >= 11 is 3.37. The molecule has 1 atom stereocenters. The number of methoxy groups -OCH3 is 1. The zero-order valence-electron chi connectivity index (χ0n) is 11.3. The van der Waals surface area contributed by atoms with Gasteiger partial charge in [-0.25, -0.2) is 0 Å². The van der Waals surface area contributed by atoms with Gasteiger partial charge in [-0.05, 0) is 49.4 Å². The van der Waals surface area contributed by atoms with E-state index in [1.54, 1.807) is 38.3 Å². The second kappa shape index (κ2) is 6.57. The van der Waals surface area contributed by atoms with E-state index in [0.717, 1.165) is 10.2 Å². The number of benzene rings is 2. The van der Waals surface area contributed by atoms with Gasteiger partial charge in [-0.15, -0.1) is 0 Å². The maximum atomic E-state index is 12.3. The first-order valence-electron chi connectivity index (χ1n) is 6.20. The zero-order chi connectivity index (χ0) is 14.5. The van der Waals surface area contributed by atoms with Crippen LogP contribution >= 0.6 is 15.9 Å². The highest BCUT2D eigenvalue weighted by Crippen LogP contribution is 2.20. The van der Waals surface area contributed by atoms with E-state index in [4.69, 9.17) is 9.47 Å². The number of carbonyl (C=O) groups is 1. The molecule has 0 saturated carbocycles. The standard InChI is InChI=1S/C16H15BrO3/c1-11(20-15-5-3-4-13(17)10-15)16(18)12-6-8-14(19-2)9-7-12/h3-11H,1-2H3. The largest absolute Gasteiger partial charge is 0.497 e. The maximum Gasteiger partial charge on any atom is 0.202 e. The van der Waals surface area contributed by atoms with Crippen LogP contribution in [-0.2, 0) is 0 Å². The first-order chi connectivity index (χ1) is 9.60. The summed E-state index contributed by atoms with van der Waals surface area (Å²) in [6.07, 6.45) is -0.544. The Hall–Kier alpha value is -1.81. The van der Waals surface area contributed by atoms with E-state index in [1.165, 1.54) is 0 Å². The molecule has 0 aliphatic rings. The molecule has 4 heteroatoms. The predicted octanol–water partition coefficient (Wildman–Crippen LogP) is 4.11. The van der Waals surface area contributed by atoms with Crippen LogP contribution < -0.4 is 9.47 Å². The molecule has 0 heterocycles. The first-order valence-corrected chi connectivity index (χ1v) is 7.00. The van der Waals surface area contributed by atoms with Crippen molar-refractivity contribution in [1.29, 1.82) is 0 Å². The molecule has 1 unspecified atom stereocenters. The van der Waals surface area contributed by atoms with Gasteiger partial charge < -0.3 is 9.47 Å². The topological polar surface area (TPSA) is 35.5 Å². The number of hydrogen-bond donors (Lipinski definition) is 0. The summed E-state index contributed by atoms with van der Waals surface area (Å²) in [5, 5.41) is 0. The molecule has 0 amide bonds. The fourth-order valence-electron chi connectivity index (χ4n) is 1.79. The van der Waals surface area contributed by atoms with Gasteiger partial charge in [0.15, 0.2) is 6.10 Å². The lowest BCUT2D eigenvalue weighted by Gasteiger charge is -2.14. The summed E-state index contributed by atoms with van der Waals surface area (Å²) in [6, 6.07) is 14.4. The Balaban J connectivity index is 2.07. The second-order valence-electron chi connectivity index (χ2n) is 4.31. The second-order valence-corrected chi connectivity index (χ2v) is 5.23. The molecule has 0 bridgehead atoms. The van der Waals surface area contributed by atoms with Gasteiger partial charge in [0.05, 0.1) is 7.11 Å². The van der Waals surface area contributed by atoms with Crippen LogP contribution in [0.3, 0.4) is 0 Å². The Labute approximate surface area is 126 Å². The van der Waals surface area contributed by atoms with Crippen molar-refractivity contribution in [3.8, 4) is 11.5 Å². The monoisotopic (exact) mass is 334 g/mol. The molecule has 0 aromatic heterocycles. The van der Waals surface area contributed by atoms with E-state index < -0.39 is 6.10 Å². The molecule has 0 aliphatic heterocycles. The summed E-state index contributed by atoms with van der Waals surface area (Å²) in [5.74, 6) is 1.32. The van der Waals surface area contributed by atoms with Crippen LogP contribution in [0.5, 0.6) is 11.5 Å². The van der Waals surface area contributed by atoms with Gasteiger partial charge in [0.1, 0.15) is 11.5 Å². The number of rotatable bonds is 5. The number of ether oxygens (including phenoxy) is 2. The van der Waals surface area contributed by atoms with Gasteiger partial charge >= 0.3 is 0 Å². The Bertz CT molecular complexity index is 593. The van der Waals surface area contributed by atoms with Gasteiger partial charge in [-0.3, -0.25) is 4.79 Å². The Morgan fingerprint density at radius 1 is 1.10 bits per heavy atom. The molecule has 0 spiro atoms. The van der Waals surface area contributed by atoms with E-state index >= 15 is 0 Å². The van der Waals surface area contributed by atoms with Crippen LogP contribution in [0.1, 0.15) is 17.3 Å². The Morgan fingerprint density at radius 3 is 2.40 bits per heavy atom. The highest BCUT2D eigenvalue weighted by molar-refractivity contribution is 9.10. The van der Waals surface area contributed by atoms with Crippen LogP contribution in [0, 0.1) is 0 Å². The highest BCUT2D eigenvalue weighted by Gasteiger charge is 2.17. The summed E-state index contributed by atoms with van der Waals surface area (Å²) < 4.78 is 11.6. The third-order valence-corrected chi connectivity index (χ3v) is 3.35. The summed E-state index contributed by atoms with van der Waals surface area (Å²) in [4.78, 5) is 12.3. The average molecular weight is 335 g/mol. The van der Waals surface area contributed by atoms with Gasteiger partial charge in [0, 0.05) is 10.0 Å². The molecule has 3 nitrogen and oxygen atoms in total. The van der Waals surface area contributed by atoms with Crippen LogP contribution in [-0.4, -0.2) is 19.0 Å². The fraction of sp³-hybridized carbons (Fsp3) is 0.188. The number of carbonyl (C=O) groups excluding carboxylic acids is 1. The van der Waals surface area contributed by atoms with Crippen molar-refractivity contribution in [3.63, 3.8) is 0 Å². The van der Waals surface area contributed by atoms with E-state index in [2.05, 4.69) is 15.9 Å². The zero-order valence-corrected chi connectivity index (χ0v) is 12.9. The van der Waals surface area contributed by atoms with Crippen LogP contribution in [0.25, 0.3) is 0 Å². The smallest absolute Gasteiger partial charge is 0.202 e. The third kappa shape index (κ3) is 3.61. The van der Waals surface area contributed by atoms with E-state index in [-0.39, 0.29) is 5.78 Å². The quantitative estimate of drug-likeness (QED) is 0.772. The number of hydrogen-bond acceptors (Lipinski definition) is 3. The van der Waals surface area contributed by atoms with Gasteiger partial charge in [0.25, 0.3) is 0 Å². The normalized spacial score (nSPS) is 11.8. The van der Waals surface area contributed by atoms with Crippen molar-refractivity contribution in [2.24, 2.45) is 0 Å². The van der Waals surface area contributed by atoms with Crippen molar-refractivity contribution in [2.45, 2.75) is 13.0 Å². The predicted molar refractivity (Wildman–Crippen MR) is 81.6 cm³/mol. The molecule has 0 radical (unpaired) electrons. The molecule has 104 valence electrons. The minimum absolute atomic E-state index is 0.0624. The minimum Gasteiger partial charge on any atom is -0.497 e. The van der Waals surface area contributed by atoms with Crippen molar-refractivity contribution >= 4 is 21.7 Å². The lowest BCUT2D eigenvalue weighted by molar-refractivity contribution is 0.0818. The SMILES string of the molecule is COc1ccc(C(=O)C(C)Oc2cccc(Br)c2)cc1. The first kappa shape index (κ1) is 14.6. The van der Waals surface area contributed by atoms with Gasteiger partial charge in [-0.1, -0.05) is 22.0 Å². The maximum absolute atomic E-state index is 12.3. The number of Topliss-reactive ketones (excluding diaryl/α,β-unsaturated/α-hetero) is 1. The van der Waals surface area contributed by atoms with Gasteiger partial charge in [0.2, 0.25) is 5.78 Å². The van der Waals surface area contributed by atoms with Gasteiger partial charge in [-0.2, -0.15) is 0 Å². The third-order valence-electron chi connectivity index (χ3n) is 2.85. The fourth-order valence-corrected chi connectivity index (χ4v) is 2.17. The van der Waals surface area contributed by atoms with E-state index in [9.17, 15) is 4.79 Å². The van der Waals surface area contributed by atoms with Crippen molar-refractivity contribution in [1.82, 2.24) is 0 Å². The molecule has 0 saturated heterocycles. The average Bonchev–Trinajstić information content (AvgIpc) is 2.46. The molecule has 2 aromatic carbocycles. The summed E-state index contributed by atoms with van der Waals surface area (Å²) in [5.41, 5.74) is 0.605. The lowest BCUT2D eigenvalue weighted by atomic mass is 10.1. The molecule has 2 aromatic rings. The molecule has 2 rings (SSSR count). The van der Waals surface area contributed by atoms with Crippen molar-refractivity contribution < 1.29 is 14.3 Å². The highest BCUT2D eigenvalue weighted by atomic mass is 79.9. The van der Waals surface area contributed by atoms with E-state index in [1.807, 2.05) is 24.3 Å². The molecule has 0 fully saturated rings. The van der Waals surface area contributed by atoms with Crippen molar-refractivity contribution in [3.05, 3.63) is 58.6 Å². The summed E-state index contributed by atoms with van der Waals surface area (Å²) in [7, 11) is 1.59. The molecule has 20 heavy (non-hydrogen) atoms. The van der Waals surface area contributed by atoms with Crippen LogP contribution in [0.2, 0.25) is 0 Å². The molecular formula is C16H15BrO3. The van der Waals surface area contributed by atoms with E-state index in [0.29, 0.717) is 11.3 Å². The van der Waals surface area contributed by atoms with Crippen LogP contribution in [0.4, 0.5) is 0 Å². The summed E-state index contributed by atoms with van der Waals surface area (Å²) in [6.45, 7) is 1.74. The van der Waals surface area contributed by atoms with Crippen LogP contribution in [0.15, 0.2) is 53.0 Å². The Kier molecular flexibility index (Phi) is 4.79. The van der Waals surface area contributed by atoms with Crippen molar-refractivity contribution in [2.75, 3.05) is 7.11 Å². The molecule has 0 N–H and O–H groups in total. The lowest BCUT2D eigenvalue weighted by Crippen LogP contribution is -2.23. The number of halogens is 1. The molecular weight excluding hydrogens is 320 g/mol.